The number of carbonyl (C=O) groups is 2. The Labute approximate surface area is 133 Å². The van der Waals surface area contributed by atoms with E-state index in [0.29, 0.717) is 29.7 Å². The van der Waals surface area contributed by atoms with Crippen LogP contribution in [0, 0.1) is 5.92 Å². The average molecular weight is 327 g/mol. The molecule has 0 spiro atoms. The normalized spacial score (nSPS) is 19.5. The Hall–Kier alpha value is -1.52. The van der Waals surface area contributed by atoms with Gasteiger partial charge in [-0.25, -0.2) is 0 Å². The first kappa shape index (κ1) is 15.9. The summed E-state index contributed by atoms with van der Waals surface area (Å²) in [4.78, 5) is 25.4. The molecule has 6 heteroatoms. The average Bonchev–Trinajstić information content (AvgIpc) is 2.62. The molecular formula is C15H16Cl2N2O2. The maximum Gasteiger partial charge on any atom is 0.246 e. The molecule has 1 atom stereocenters. The van der Waals surface area contributed by atoms with Crippen LogP contribution in [0.15, 0.2) is 24.3 Å². The molecule has 1 aromatic carbocycles. The van der Waals surface area contributed by atoms with Crippen molar-refractivity contribution in [2.75, 3.05) is 19.6 Å². The van der Waals surface area contributed by atoms with Gasteiger partial charge in [0.1, 0.15) is 0 Å². The summed E-state index contributed by atoms with van der Waals surface area (Å²) in [7, 11) is 0. The minimum absolute atomic E-state index is 0.0150. The number of benzene rings is 1. The fourth-order valence-corrected chi connectivity index (χ4v) is 2.39. The lowest BCUT2D eigenvalue weighted by Gasteiger charge is -2.19. The summed E-state index contributed by atoms with van der Waals surface area (Å²) in [5.41, 5.74) is 0.801. The molecular weight excluding hydrogens is 311 g/mol. The van der Waals surface area contributed by atoms with Crippen LogP contribution in [-0.4, -0.2) is 36.3 Å². The van der Waals surface area contributed by atoms with Gasteiger partial charge in [0.15, 0.2) is 0 Å². The van der Waals surface area contributed by atoms with E-state index in [1.807, 2.05) is 6.92 Å². The van der Waals surface area contributed by atoms with Crippen molar-refractivity contribution in [3.8, 4) is 0 Å². The molecule has 2 rings (SSSR count). The summed E-state index contributed by atoms with van der Waals surface area (Å²) in [5.74, 6) is -0.335. The lowest BCUT2D eigenvalue weighted by Crippen LogP contribution is -2.34. The zero-order chi connectivity index (χ0) is 15.4. The van der Waals surface area contributed by atoms with Crippen molar-refractivity contribution in [2.45, 2.75) is 6.92 Å². The highest BCUT2D eigenvalue weighted by molar-refractivity contribution is 6.42. The monoisotopic (exact) mass is 326 g/mol. The fourth-order valence-electron chi connectivity index (χ4n) is 2.08. The van der Waals surface area contributed by atoms with Crippen LogP contribution in [0.3, 0.4) is 0 Å². The van der Waals surface area contributed by atoms with Crippen LogP contribution in [0.2, 0.25) is 10.0 Å². The second-order valence-electron chi connectivity index (χ2n) is 4.98. The third-order valence-electron chi connectivity index (χ3n) is 3.30. The molecule has 1 aromatic rings. The molecule has 1 aliphatic rings. The van der Waals surface area contributed by atoms with E-state index in [1.165, 1.54) is 6.08 Å². The summed E-state index contributed by atoms with van der Waals surface area (Å²) in [5, 5.41) is 3.70. The molecule has 1 aliphatic heterocycles. The van der Waals surface area contributed by atoms with E-state index in [0.717, 1.165) is 5.56 Å². The molecule has 1 saturated heterocycles. The predicted molar refractivity (Wildman–Crippen MR) is 84.2 cm³/mol. The van der Waals surface area contributed by atoms with Crippen LogP contribution < -0.4 is 5.32 Å². The van der Waals surface area contributed by atoms with E-state index < -0.39 is 0 Å². The molecule has 21 heavy (non-hydrogen) atoms. The van der Waals surface area contributed by atoms with E-state index in [9.17, 15) is 9.59 Å². The lowest BCUT2D eigenvalue weighted by molar-refractivity contribution is -0.127. The Bertz CT molecular complexity index is 587. The standard InChI is InChI=1S/C15H16Cl2N2O2/c1-10-9-19(7-6-18-15(10)21)14(20)5-3-11-2-4-12(16)13(17)8-11/h2-5,8,10H,6-7,9H2,1H3,(H,18,21)/b5-3+. The second-order valence-corrected chi connectivity index (χ2v) is 5.80. The molecule has 0 aromatic heterocycles. The minimum atomic E-state index is -0.199. The Morgan fingerprint density at radius 2 is 2.14 bits per heavy atom. The van der Waals surface area contributed by atoms with Crippen molar-refractivity contribution in [1.29, 1.82) is 0 Å². The molecule has 4 nitrogen and oxygen atoms in total. The number of nitrogens with one attached hydrogen (secondary N) is 1. The highest BCUT2D eigenvalue weighted by Gasteiger charge is 2.22. The van der Waals surface area contributed by atoms with Crippen molar-refractivity contribution in [3.05, 3.63) is 39.9 Å². The summed E-state index contributed by atoms with van der Waals surface area (Å²) < 4.78 is 0. The van der Waals surface area contributed by atoms with Crippen LogP contribution in [0.1, 0.15) is 12.5 Å². The predicted octanol–water partition coefficient (Wildman–Crippen LogP) is 2.60. The first-order valence-corrected chi connectivity index (χ1v) is 7.42. The third-order valence-corrected chi connectivity index (χ3v) is 4.04. The Morgan fingerprint density at radius 1 is 1.38 bits per heavy atom. The largest absolute Gasteiger partial charge is 0.354 e. The van der Waals surface area contributed by atoms with Crippen molar-refractivity contribution < 1.29 is 9.59 Å². The van der Waals surface area contributed by atoms with E-state index in [4.69, 9.17) is 23.2 Å². The zero-order valence-corrected chi connectivity index (χ0v) is 13.1. The van der Waals surface area contributed by atoms with Gasteiger partial charge < -0.3 is 10.2 Å². The van der Waals surface area contributed by atoms with Gasteiger partial charge in [-0.3, -0.25) is 9.59 Å². The van der Waals surface area contributed by atoms with Crippen LogP contribution >= 0.6 is 23.2 Å². The SMILES string of the molecule is CC1CN(C(=O)/C=C/c2ccc(Cl)c(Cl)c2)CCNC1=O. The van der Waals surface area contributed by atoms with Crippen molar-refractivity contribution in [2.24, 2.45) is 5.92 Å². The van der Waals surface area contributed by atoms with Crippen molar-refractivity contribution >= 4 is 41.1 Å². The molecule has 1 unspecified atom stereocenters. The number of rotatable bonds is 2. The molecule has 0 aliphatic carbocycles. The molecule has 1 fully saturated rings. The van der Waals surface area contributed by atoms with E-state index in [-0.39, 0.29) is 17.7 Å². The molecule has 0 bridgehead atoms. The van der Waals surface area contributed by atoms with Gasteiger partial charge in [0.25, 0.3) is 0 Å². The smallest absolute Gasteiger partial charge is 0.246 e. The third kappa shape index (κ3) is 4.22. The van der Waals surface area contributed by atoms with Gasteiger partial charge in [0.05, 0.1) is 16.0 Å². The Morgan fingerprint density at radius 3 is 2.86 bits per heavy atom. The van der Waals surface area contributed by atoms with Crippen LogP contribution in [0.4, 0.5) is 0 Å². The fraction of sp³-hybridized carbons (Fsp3) is 0.333. The first-order valence-electron chi connectivity index (χ1n) is 6.67. The van der Waals surface area contributed by atoms with E-state index >= 15 is 0 Å². The lowest BCUT2D eigenvalue weighted by atomic mass is 10.1. The number of hydrogen-bond donors (Lipinski definition) is 1. The molecule has 0 saturated carbocycles. The van der Waals surface area contributed by atoms with E-state index in [2.05, 4.69) is 5.32 Å². The number of nitrogens with zero attached hydrogens (tertiary/aromatic N) is 1. The molecule has 112 valence electrons. The molecule has 2 amide bonds. The quantitative estimate of drug-likeness (QED) is 0.849. The van der Waals surface area contributed by atoms with Crippen LogP contribution in [0.5, 0.6) is 0 Å². The van der Waals surface area contributed by atoms with Gasteiger partial charge in [-0.05, 0) is 23.8 Å². The summed E-state index contributed by atoms with van der Waals surface area (Å²) in [6, 6.07) is 5.17. The maximum atomic E-state index is 12.2. The van der Waals surface area contributed by atoms with Crippen LogP contribution in [0.25, 0.3) is 6.08 Å². The number of hydrogen-bond acceptors (Lipinski definition) is 2. The van der Waals surface area contributed by atoms with E-state index in [1.54, 1.807) is 29.2 Å². The van der Waals surface area contributed by atoms with Crippen molar-refractivity contribution in [1.82, 2.24) is 10.2 Å². The van der Waals surface area contributed by atoms with Gasteiger partial charge in [-0.1, -0.05) is 36.2 Å². The Kier molecular flexibility index (Phi) is 5.26. The Balaban J connectivity index is 2.04. The van der Waals surface area contributed by atoms with Gasteiger partial charge in [-0.15, -0.1) is 0 Å². The highest BCUT2D eigenvalue weighted by atomic mass is 35.5. The maximum absolute atomic E-state index is 12.2. The highest BCUT2D eigenvalue weighted by Crippen LogP contribution is 2.23. The summed E-state index contributed by atoms with van der Waals surface area (Å²) in [6.45, 7) is 3.23. The van der Waals surface area contributed by atoms with Gasteiger partial charge in [-0.2, -0.15) is 0 Å². The molecule has 1 N–H and O–H groups in total. The molecule has 0 radical (unpaired) electrons. The van der Waals surface area contributed by atoms with Gasteiger partial charge in [0, 0.05) is 25.7 Å². The zero-order valence-electron chi connectivity index (χ0n) is 11.6. The van der Waals surface area contributed by atoms with Crippen LogP contribution in [-0.2, 0) is 9.59 Å². The molecule has 1 heterocycles. The topological polar surface area (TPSA) is 49.4 Å². The summed E-state index contributed by atoms with van der Waals surface area (Å²) in [6.07, 6.45) is 3.18. The van der Waals surface area contributed by atoms with Gasteiger partial charge >= 0.3 is 0 Å². The van der Waals surface area contributed by atoms with Gasteiger partial charge in [0.2, 0.25) is 11.8 Å². The number of amides is 2. The minimum Gasteiger partial charge on any atom is -0.354 e. The first-order chi connectivity index (χ1) is 9.97. The number of halogens is 2. The number of carbonyl (C=O) groups excluding carboxylic acids is 2. The second kappa shape index (κ2) is 6.96. The summed E-state index contributed by atoms with van der Waals surface area (Å²) >= 11 is 11.8. The van der Waals surface area contributed by atoms with Crippen molar-refractivity contribution in [3.63, 3.8) is 0 Å².